The van der Waals surface area contributed by atoms with Crippen molar-refractivity contribution in [2.45, 2.75) is 18.4 Å². The number of rotatable bonds is 6. The van der Waals surface area contributed by atoms with Gasteiger partial charge in [-0.3, -0.25) is 9.52 Å². The molecule has 168 valence electrons. The second kappa shape index (κ2) is 9.13. The third-order valence-corrected chi connectivity index (χ3v) is 7.29. The molecular weight excluding hydrogens is 461 g/mol. The van der Waals surface area contributed by atoms with Crippen molar-refractivity contribution in [3.63, 3.8) is 0 Å². The Morgan fingerprint density at radius 1 is 1.15 bits per heavy atom. The lowest BCUT2D eigenvalue weighted by Gasteiger charge is -2.09. The molecule has 1 aromatic heterocycles. The topological polar surface area (TPSA) is 80.5 Å². The molecule has 0 spiro atoms. The molecule has 0 saturated carbocycles. The van der Waals surface area contributed by atoms with E-state index in [0.29, 0.717) is 16.0 Å². The number of halogens is 1. The van der Waals surface area contributed by atoms with Crippen LogP contribution in [-0.2, 0) is 16.6 Å². The van der Waals surface area contributed by atoms with Crippen LogP contribution in [0.5, 0.6) is 0 Å². The number of fused-ring (bicyclic) bond motifs is 1. The number of nitrogens with zero attached hydrogens (tertiary/aromatic N) is 2. The van der Waals surface area contributed by atoms with E-state index in [-0.39, 0.29) is 22.0 Å². The van der Waals surface area contributed by atoms with Crippen molar-refractivity contribution in [2.24, 2.45) is 4.99 Å². The molecule has 0 bridgehead atoms. The molecule has 4 rings (SSSR count). The molecular formula is C24H20FN3O3S2. The summed E-state index contributed by atoms with van der Waals surface area (Å²) in [6.07, 6.45) is 1.67. The lowest BCUT2D eigenvalue weighted by molar-refractivity contribution is 0.0998. The van der Waals surface area contributed by atoms with Crippen molar-refractivity contribution in [1.29, 1.82) is 0 Å². The van der Waals surface area contributed by atoms with Gasteiger partial charge in [-0.1, -0.05) is 41.2 Å². The van der Waals surface area contributed by atoms with E-state index in [9.17, 15) is 17.6 Å². The van der Waals surface area contributed by atoms with E-state index in [0.717, 1.165) is 11.1 Å². The minimum Gasteiger partial charge on any atom is -0.312 e. The van der Waals surface area contributed by atoms with E-state index < -0.39 is 15.9 Å². The van der Waals surface area contributed by atoms with Gasteiger partial charge in [-0.2, -0.15) is 4.99 Å². The Morgan fingerprint density at radius 2 is 1.91 bits per heavy atom. The van der Waals surface area contributed by atoms with Crippen LogP contribution in [0.15, 0.2) is 89.3 Å². The van der Waals surface area contributed by atoms with E-state index in [1.165, 1.54) is 41.7 Å². The van der Waals surface area contributed by atoms with Crippen LogP contribution in [0.25, 0.3) is 10.2 Å². The highest BCUT2D eigenvalue weighted by molar-refractivity contribution is 7.92. The summed E-state index contributed by atoms with van der Waals surface area (Å²) in [5.74, 6) is -0.919. The number of hydrogen-bond donors (Lipinski definition) is 1. The average Bonchev–Trinajstić information content (AvgIpc) is 3.10. The first kappa shape index (κ1) is 22.6. The Bertz CT molecular complexity index is 1540. The van der Waals surface area contributed by atoms with E-state index in [2.05, 4.69) is 16.3 Å². The van der Waals surface area contributed by atoms with Crippen molar-refractivity contribution in [3.8, 4) is 0 Å². The van der Waals surface area contributed by atoms with Gasteiger partial charge in [0, 0.05) is 17.8 Å². The second-order valence-corrected chi connectivity index (χ2v) is 10.0. The maximum Gasteiger partial charge on any atom is 0.279 e. The Kier molecular flexibility index (Phi) is 6.26. The summed E-state index contributed by atoms with van der Waals surface area (Å²) in [4.78, 5) is 17.6. The van der Waals surface area contributed by atoms with Gasteiger partial charge >= 0.3 is 0 Å². The van der Waals surface area contributed by atoms with Crippen molar-refractivity contribution in [2.75, 3.05) is 4.72 Å². The molecule has 33 heavy (non-hydrogen) atoms. The number of amides is 1. The third kappa shape index (κ3) is 4.94. The monoisotopic (exact) mass is 481 g/mol. The van der Waals surface area contributed by atoms with Crippen molar-refractivity contribution in [1.82, 2.24) is 4.57 Å². The number of carbonyl (C=O) groups excluding carboxylic acids is 1. The second-order valence-electron chi connectivity index (χ2n) is 7.31. The van der Waals surface area contributed by atoms with Crippen LogP contribution in [0.4, 0.5) is 10.1 Å². The molecule has 0 fully saturated rings. The number of benzene rings is 3. The third-order valence-electron chi connectivity index (χ3n) is 4.85. The van der Waals surface area contributed by atoms with E-state index in [1.54, 1.807) is 47.0 Å². The van der Waals surface area contributed by atoms with Gasteiger partial charge < -0.3 is 4.57 Å². The number of aryl methyl sites for hydroxylation is 1. The summed E-state index contributed by atoms with van der Waals surface area (Å²) in [6.45, 7) is 6.00. The molecule has 3 aromatic carbocycles. The molecule has 6 nitrogen and oxygen atoms in total. The Balaban J connectivity index is 1.67. The highest BCUT2D eigenvalue weighted by atomic mass is 32.2. The molecule has 0 aliphatic heterocycles. The molecule has 0 saturated heterocycles. The van der Waals surface area contributed by atoms with Crippen LogP contribution in [0.1, 0.15) is 15.9 Å². The number of sulfonamides is 1. The molecule has 0 unspecified atom stereocenters. The molecule has 9 heteroatoms. The fourth-order valence-electron chi connectivity index (χ4n) is 3.24. The Hall–Kier alpha value is -3.56. The Morgan fingerprint density at radius 3 is 2.64 bits per heavy atom. The molecule has 1 amide bonds. The number of hydrogen-bond acceptors (Lipinski definition) is 4. The van der Waals surface area contributed by atoms with Crippen LogP contribution in [0.2, 0.25) is 0 Å². The predicted molar refractivity (Wildman–Crippen MR) is 128 cm³/mol. The van der Waals surface area contributed by atoms with Crippen LogP contribution >= 0.6 is 11.3 Å². The van der Waals surface area contributed by atoms with Crippen LogP contribution in [0.3, 0.4) is 0 Å². The highest BCUT2D eigenvalue weighted by Crippen LogP contribution is 2.20. The molecule has 0 radical (unpaired) electrons. The first-order valence-corrected chi connectivity index (χ1v) is 12.3. The summed E-state index contributed by atoms with van der Waals surface area (Å²) < 4.78 is 43.9. The summed E-state index contributed by atoms with van der Waals surface area (Å²) in [7, 11) is -3.81. The quantitative estimate of drug-likeness (QED) is 0.399. The molecule has 0 aliphatic carbocycles. The minimum absolute atomic E-state index is 0.123. The number of thiazole rings is 1. The van der Waals surface area contributed by atoms with Gasteiger partial charge in [0.1, 0.15) is 5.82 Å². The zero-order valence-corrected chi connectivity index (χ0v) is 19.3. The van der Waals surface area contributed by atoms with E-state index in [4.69, 9.17) is 0 Å². The lowest BCUT2D eigenvalue weighted by atomic mass is 10.2. The predicted octanol–water partition coefficient (Wildman–Crippen LogP) is 4.88. The van der Waals surface area contributed by atoms with Gasteiger partial charge in [0.15, 0.2) is 4.80 Å². The van der Waals surface area contributed by atoms with Gasteiger partial charge in [-0.15, -0.1) is 6.58 Å². The fraction of sp³-hybridized carbons (Fsp3) is 0.0833. The van der Waals surface area contributed by atoms with Crippen molar-refractivity contribution < 1.29 is 17.6 Å². The number of nitrogens with one attached hydrogen (secondary N) is 1. The van der Waals surface area contributed by atoms with Crippen molar-refractivity contribution in [3.05, 3.63) is 101 Å². The molecule has 0 aliphatic rings. The molecule has 4 aromatic rings. The van der Waals surface area contributed by atoms with E-state index in [1.807, 2.05) is 6.92 Å². The smallest absolute Gasteiger partial charge is 0.279 e. The normalized spacial score (nSPS) is 12.1. The van der Waals surface area contributed by atoms with Crippen molar-refractivity contribution >= 4 is 43.2 Å². The van der Waals surface area contributed by atoms with Gasteiger partial charge in [0.25, 0.3) is 15.9 Å². The first-order valence-electron chi connectivity index (χ1n) is 9.95. The minimum atomic E-state index is -3.81. The molecule has 0 atom stereocenters. The maximum absolute atomic E-state index is 13.6. The number of allylic oxidation sites excluding steroid dienone is 1. The van der Waals surface area contributed by atoms with E-state index >= 15 is 0 Å². The van der Waals surface area contributed by atoms with Gasteiger partial charge in [-0.05, 0) is 55.5 Å². The zero-order valence-electron chi connectivity index (χ0n) is 17.7. The summed E-state index contributed by atoms with van der Waals surface area (Å²) in [5, 5.41) is 0. The first-order chi connectivity index (χ1) is 15.8. The molecule has 1 N–H and O–H groups in total. The Labute approximate surface area is 194 Å². The number of aromatic nitrogens is 1. The van der Waals surface area contributed by atoms with Gasteiger partial charge in [0.2, 0.25) is 0 Å². The van der Waals surface area contributed by atoms with Crippen LogP contribution in [0, 0.1) is 12.7 Å². The summed E-state index contributed by atoms with van der Waals surface area (Å²) in [6, 6.07) is 17.0. The average molecular weight is 482 g/mol. The fourth-order valence-corrected chi connectivity index (χ4v) is 5.35. The van der Waals surface area contributed by atoms with Gasteiger partial charge in [-0.25, -0.2) is 12.8 Å². The van der Waals surface area contributed by atoms with Gasteiger partial charge in [0.05, 0.1) is 15.1 Å². The summed E-state index contributed by atoms with van der Waals surface area (Å²) in [5.41, 5.74) is 2.15. The number of anilines is 1. The lowest BCUT2D eigenvalue weighted by Crippen LogP contribution is -2.16. The number of carbonyl (C=O) groups is 1. The largest absolute Gasteiger partial charge is 0.312 e. The van der Waals surface area contributed by atoms with Crippen LogP contribution < -0.4 is 9.52 Å². The zero-order chi connectivity index (χ0) is 23.6. The standard InChI is InChI=1S/C24H20FN3O3S2/c1-3-13-28-21-12-9-18(25)15-22(21)32-24(28)26-23(29)17-5-4-6-19(14-17)27-33(30,31)20-10-7-16(2)8-11-20/h3-12,14-15,27H,1,13H2,2H3. The highest BCUT2D eigenvalue weighted by Gasteiger charge is 2.15. The summed E-state index contributed by atoms with van der Waals surface area (Å²) >= 11 is 1.19. The molecule has 1 heterocycles. The SMILES string of the molecule is C=CCn1c(=NC(=O)c2cccc(NS(=O)(=O)c3ccc(C)cc3)c2)sc2cc(F)ccc21. The maximum atomic E-state index is 13.6. The van der Waals surface area contributed by atoms with Crippen LogP contribution in [-0.4, -0.2) is 18.9 Å².